The van der Waals surface area contributed by atoms with Crippen molar-refractivity contribution >= 4 is 17.5 Å². The number of carbonyl (C=O) groups excluding carboxylic acids is 1. The topological polar surface area (TPSA) is 26.3 Å². The third kappa shape index (κ3) is 3.36. The number of hydrogen-bond acceptors (Lipinski definition) is 3. The van der Waals surface area contributed by atoms with Crippen molar-refractivity contribution in [3.63, 3.8) is 0 Å². The second-order valence-corrected chi connectivity index (χ2v) is 4.57. The third-order valence-corrected chi connectivity index (χ3v) is 2.47. The van der Waals surface area contributed by atoms with Crippen LogP contribution in [-0.2, 0) is 4.74 Å². The Bertz CT molecular complexity index is 320. The van der Waals surface area contributed by atoms with Gasteiger partial charge >= 0.3 is 0 Å². The lowest BCUT2D eigenvalue weighted by atomic mass is 9.97. The molecular formula is C12H16O2S. The van der Waals surface area contributed by atoms with Crippen LogP contribution in [-0.4, -0.2) is 23.6 Å². The molecule has 1 aromatic rings. The summed E-state index contributed by atoms with van der Waals surface area (Å²) in [5.74, 6) is 0.558. The predicted molar refractivity (Wildman–Crippen MR) is 64.3 cm³/mol. The Kier molecular flexibility index (Phi) is 4.36. The Balaban J connectivity index is 2.75. The van der Waals surface area contributed by atoms with Gasteiger partial charge < -0.3 is 4.74 Å². The molecule has 15 heavy (non-hydrogen) atoms. The molecule has 0 fully saturated rings. The molecule has 0 bridgehead atoms. The number of benzene rings is 1. The van der Waals surface area contributed by atoms with Gasteiger partial charge in [-0.1, -0.05) is 30.3 Å². The highest BCUT2D eigenvalue weighted by Gasteiger charge is 2.29. The van der Waals surface area contributed by atoms with E-state index in [0.717, 1.165) is 0 Å². The van der Waals surface area contributed by atoms with Crippen molar-refractivity contribution in [2.45, 2.75) is 19.4 Å². The summed E-state index contributed by atoms with van der Waals surface area (Å²) in [4.78, 5) is 12.0. The average molecular weight is 224 g/mol. The second-order valence-electron chi connectivity index (χ2n) is 3.76. The first-order valence-corrected chi connectivity index (χ1v) is 6.20. The molecule has 0 aliphatic carbocycles. The number of thioether (sulfide) groups is 1. The summed E-state index contributed by atoms with van der Waals surface area (Å²) in [5.41, 5.74) is -0.0479. The minimum absolute atomic E-state index is 0.0251. The van der Waals surface area contributed by atoms with Crippen LogP contribution in [0.25, 0.3) is 0 Å². The standard InChI is InChI=1S/C12H16O2S/c1-12(2,14-9-15-3)11(13)10-7-5-4-6-8-10/h4-8H,9H2,1-3H3. The van der Waals surface area contributed by atoms with Crippen LogP contribution in [0.15, 0.2) is 30.3 Å². The average Bonchev–Trinajstić information content (AvgIpc) is 2.26. The number of ketones is 1. The molecule has 1 aromatic carbocycles. The Morgan fingerprint density at radius 1 is 1.33 bits per heavy atom. The van der Waals surface area contributed by atoms with E-state index in [-0.39, 0.29) is 5.78 Å². The van der Waals surface area contributed by atoms with Crippen molar-refractivity contribution in [2.75, 3.05) is 12.2 Å². The summed E-state index contributed by atoms with van der Waals surface area (Å²) in [5, 5.41) is 0. The molecule has 1 rings (SSSR count). The van der Waals surface area contributed by atoms with Crippen molar-refractivity contribution in [3.8, 4) is 0 Å². The van der Waals surface area contributed by atoms with Gasteiger partial charge in [-0.15, -0.1) is 11.8 Å². The maximum atomic E-state index is 12.0. The molecular weight excluding hydrogens is 208 g/mol. The normalized spacial score (nSPS) is 11.4. The van der Waals surface area contributed by atoms with Gasteiger partial charge in [0.25, 0.3) is 0 Å². The van der Waals surface area contributed by atoms with Gasteiger partial charge in [-0.2, -0.15) is 0 Å². The molecule has 0 saturated carbocycles. The van der Waals surface area contributed by atoms with E-state index in [0.29, 0.717) is 11.5 Å². The molecule has 0 heterocycles. The zero-order valence-electron chi connectivity index (χ0n) is 9.32. The van der Waals surface area contributed by atoms with Gasteiger partial charge in [0, 0.05) is 5.56 Å². The van der Waals surface area contributed by atoms with Gasteiger partial charge in [-0.05, 0) is 20.1 Å². The Labute approximate surface area is 95.0 Å². The summed E-state index contributed by atoms with van der Waals surface area (Å²) >= 11 is 1.57. The summed E-state index contributed by atoms with van der Waals surface area (Å²) < 4.78 is 5.51. The number of rotatable bonds is 5. The lowest BCUT2D eigenvalue weighted by Gasteiger charge is -2.23. The van der Waals surface area contributed by atoms with Crippen LogP contribution in [0.2, 0.25) is 0 Å². The van der Waals surface area contributed by atoms with E-state index in [1.807, 2.05) is 36.6 Å². The van der Waals surface area contributed by atoms with Crippen molar-refractivity contribution in [3.05, 3.63) is 35.9 Å². The van der Waals surface area contributed by atoms with Crippen LogP contribution in [0, 0.1) is 0 Å². The molecule has 0 radical (unpaired) electrons. The molecule has 0 spiro atoms. The first-order valence-electron chi connectivity index (χ1n) is 4.80. The lowest BCUT2D eigenvalue weighted by molar-refractivity contribution is 0.0165. The minimum Gasteiger partial charge on any atom is -0.357 e. The SMILES string of the molecule is CSCOC(C)(C)C(=O)c1ccccc1. The number of ether oxygens (including phenoxy) is 1. The van der Waals surface area contributed by atoms with E-state index in [1.54, 1.807) is 25.6 Å². The smallest absolute Gasteiger partial charge is 0.194 e. The molecule has 2 nitrogen and oxygen atoms in total. The summed E-state index contributed by atoms with van der Waals surface area (Å²) in [6.07, 6.45) is 1.95. The maximum absolute atomic E-state index is 12.0. The fourth-order valence-corrected chi connectivity index (χ4v) is 1.62. The van der Waals surface area contributed by atoms with E-state index in [2.05, 4.69) is 0 Å². The zero-order valence-corrected chi connectivity index (χ0v) is 10.1. The van der Waals surface area contributed by atoms with Crippen molar-refractivity contribution in [2.24, 2.45) is 0 Å². The van der Waals surface area contributed by atoms with E-state index >= 15 is 0 Å². The fraction of sp³-hybridized carbons (Fsp3) is 0.417. The number of Topliss-reactive ketones (excluding diaryl/α,β-unsaturated/α-hetero) is 1. The van der Waals surface area contributed by atoms with Gasteiger partial charge in [0.05, 0.1) is 5.94 Å². The molecule has 82 valence electrons. The van der Waals surface area contributed by atoms with Crippen LogP contribution in [0.4, 0.5) is 0 Å². The molecule has 0 atom stereocenters. The van der Waals surface area contributed by atoms with Gasteiger partial charge in [0.15, 0.2) is 5.78 Å². The minimum atomic E-state index is -0.746. The highest BCUT2D eigenvalue weighted by atomic mass is 32.2. The van der Waals surface area contributed by atoms with Crippen LogP contribution < -0.4 is 0 Å². The first kappa shape index (κ1) is 12.3. The highest BCUT2D eigenvalue weighted by Crippen LogP contribution is 2.18. The Morgan fingerprint density at radius 3 is 2.47 bits per heavy atom. The Hall–Kier alpha value is -0.800. The third-order valence-electron chi connectivity index (χ3n) is 2.12. The van der Waals surface area contributed by atoms with E-state index < -0.39 is 5.60 Å². The lowest BCUT2D eigenvalue weighted by Crippen LogP contribution is -2.35. The Morgan fingerprint density at radius 2 is 1.93 bits per heavy atom. The van der Waals surface area contributed by atoms with E-state index in [9.17, 15) is 4.79 Å². The highest BCUT2D eigenvalue weighted by molar-refractivity contribution is 7.98. The molecule has 0 N–H and O–H groups in total. The number of carbonyl (C=O) groups is 1. The molecule has 0 aliphatic heterocycles. The number of hydrogen-bond donors (Lipinski definition) is 0. The molecule has 0 saturated heterocycles. The summed E-state index contributed by atoms with van der Waals surface area (Å²) in [6, 6.07) is 9.24. The monoisotopic (exact) mass is 224 g/mol. The van der Waals surface area contributed by atoms with Crippen LogP contribution >= 0.6 is 11.8 Å². The van der Waals surface area contributed by atoms with E-state index in [4.69, 9.17) is 4.74 Å². The molecule has 0 unspecified atom stereocenters. The van der Waals surface area contributed by atoms with Crippen molar-refractivity contribution < 1.29 is 9.53 Å². The van der Waals surface area contributed by atoms with Crippen molar-refractivity contribution in [1.82, 2.24) is 0 Å². The second kappa shape index (κ2) is 5.33. The van der Waals surface area contributed by atoms with Crippen molar-refractivity contribution in [1.29, 1.82) is 0 Å². The van der Waals surface area contributed by atoms with Gasteiger partial charge in [-0.25, -0.2) is 0 Å². The summed E-state index contributed by atoms with van der Waals surface area (Å²) in [6.45, 7) is 3.61. The molecule has 0 aromatic heterocycles. The predicted octanol–water partition coefficient (Wildman–Crippen LogP) is 2.99. The summed E-state index contributed by atoms with van der Waals surface area (Å²) in [7, 11) is 0. The van der Waals surface area contributed by atoms with Gasteiger partial charge in [0.1, 0.15) is 5.60 Å². The van der Waals surface area contributed by atoms with E-state index in [1.165, 1.54) is 0 Å². The largest absolute Gasteiger partial charge is 0.357 e. The maximum Gasteiger partial charge on any atom is 0.194 e. The van der Waals surface area contributed by atoms with Crippen LogP contribution in [0.5, 0.6) is 0 Å². The first-order chi connectivity index (χ1) is 7.08. The van der Waals surface area contributed by atoms with Gasteiger partial charge in [-0.3, -0.25) is 4.79 Å². The molecule has 0 amide bonds. The molecule has 3 heteroatoms. The van der Waals surface area contributed by atoms with Crippen LogP contribution in [0.1, 0.15) is 24.2 Å². The fourth-order valence-electron chi connectivity index (χ4n) is 1.21. The zero-order chi connectivity index (χ0) is 11.3. The quantitative estimate of drug-likeness (QED) is 0.568. The van der Waals surface area contributed by atoms with Crippen LogP contribution in [0.3, 0.4) is 0 Å². The molecule has 0 aliphatic rings. The van der Waals surface area contributed by atoms with Gasteiger partial charge in [0.2, 0.25) is 0 Å².